The number of carbonyl (C=O) groups is 1. The smallest absolute Gasteiger partial charge is 0.331 e. The van der Waals surface area contributed by atoms with Crippen LogP contribution in [0.2, 0.25) is 0 Å². The molecule has 0 amide bonds. The van der Waals surface area contributed by atoms with E-state index in [1.807, 2.05) is 25.2 Å². The molecule has 3 nitrogen and oxygen atoms in total. The molecule has 0 aromatic heterocycles. The molecule has 0 bridgehead atoms. The van der Waals surface area contributed by atoms with Crippen molar-refractivity contribution in [1.29, 1.82) is 0 Å². The summed E-state index contributed by atoms with van der Waals surface area (Å²) in [6.45, 7) is 11.3. The van der Waals surface area contributed by atoms with Gasteiger partial charge in [-0.05, 0) is 69.4 Å². The predicted molar refractivity (Wildman–Crippen MR) is 113 cm³/mol. The van der Waals surface area contributed by atoms with Crippen molar-refractivity contribution in [2.45, 2.75) is 66.7 Å². The highest BCUT2D eigenvalue weighted by molar-refractivity contribution is 5.83. The third kappa shape index (κ3) is 9.05. The van der Waals surface area contributed by atoms with Gasteiger partial charge in [0, 0.05) is 12.7 Å². The largest absolute Gasteiger partial charge is 0.463 e. The molecule has 0 aromatic rings. The van der Waals surface area contributed by atoms with Gasteiger partial charge in [0.25, 0.3) is 0 Å². The molecule has 0 saturated carbocycles. The van der Waals surface area contributed by atoms with Crippen LogP contribution in [-0.2, 0) is 9.53 Å². The van der Waals surface area contributed by atoms with Crippen LogP contribution in [-0.4, -0.2) is 24.3 Å². The fourth-order valence-electron chi connectivity index (χ4n) is 3.29. The second-order valence-electron chi connectivity index (χ2n) is 8.02. The summed E-state index contributed by atoms with van der Waals surface area (Å²) in [5, 5.41) is 8.70. The van der Waals surface area contributed by atoms with Crippen LogP contribution in [0.3, 0.4) is 0 Å². The average molecular weight is 373 g/mol. The molecule has 1 rings (SSSR count). The first-order valence-electron chi connectivity index (χ1n) is 9.95. The number of carbonyl (C=O) groups excluding carboxylic acids is 1. The summed E-state index contributed by atoms with van der Waals surface area (Å²) in [6.07, 6.45) is 16.9. The van der Waals surface area contributed by atoms with Gasteiger partial charge in [0.05, 0.1) is 6.61 Å². The van der Waals surface area contributed by atoms with E-state index in [1.54, 1.807) is 0 Å². The molecule has 1 N–H and O–H groups in total. The zero-order valence-electron chi connectivity index (χ0n) is 17.7. The molecule has 0 saturated heterocycles. The van der Waals surface area contributed by atoms with Gasteiger partial charge in [-0.1, -0.05) is 55.4 Å². The SMILES string of the molecule is CC1=C(/C=C/C(C)=C\C=C\C(C)=C\C(=O)OCCCCO)C(C)(C)CCC1. The van der Waals surface area contributed by atoms with E-state index < -0.39 is 0 Å². The van der Waals surface area contributed by atoms with Gasteiger partial charge in [0.1, 0.15) is 0 Å². The highest BCUT2D eigenvalue weighted by atomic mass is 16.5. The summed E-state index contributed by atoms with van der Waals surface area (Å²) in [5.74, 6) is -0.336. The summed E-state index contributed by atoms with van der Waals surface area (Å²) in [7, 11) is 0. The van der Waals surface area contributed by atoms with Crippen LogP contribution in [0.5, 0.6) is 0 Å². The van der Waals surface area contributed by atoms with Crippen molar-refractivity contribution in [1.82, 2.24) is 0 Å². The maximum atomic E-state index is 11.7. The van der Waals surface area contributed by atoms with Crippen molar-refractivity contribution in [2.75, 3.05) is 13.2 Å². The molecule has 3 heteroatoms. The fraction of sp³-hybridized carbons (Fsp3) is 0.542. The van der Waals surface area contributed by atoms with Crippen molar-refractivity contribution in [2.24, 2.45) is 5.41 Å². The normalized spacial score (nSPS) is 18.6. The molecule has 1 aliphatic rings. The number of hydrogen-bond donors (Lipinski definition) is 1. The molecule has 0 aliphatic heterocycles. The Bertz CT molecular complexity index is 643. The van der Waals surface area contributed by atoms with E-state index >= 15 is 0 Å². The lowest BCUT2D eigenvalue weighted by atomic mass is 9.72. The molecule has 0 aromatic carbocycles. The fourth-order valence-corrected chi connectivity index (χ4v) is 3.29. The number of esters is 1. The maximum Gasteiger partial charge on any atom is 0.331 e. The highest BCUT2D eigenvalue weighted by Crippen LogP contribution is 2.40. The highest BCUT2D eigenvalue weighted by Gasteiger charge is 2.26. The number of aliphatic hydroxyl groups excluding tert-OH is 1. The Hall–Kier alpha value is -1.87. The zero-order valence-corrected chi connectivity index (χ0v) is 17.7. The molecular weight excluding hydrogens is 336 g/mol. The van der Waals surface area contributed by atoms with Crippen LogP contribution in [0.15, 0.2) is 58.7 Å². The second kappa shape index (κ2) is 11.8. The lowest BCUT2D eigenvalue weighted by Crippen LogP contribution is -2.19. The third-order valence-electron chi connectivity index (χ3n) is 4.92. The Labute approximate surface area is 165 Å². The first-order valence-corrected chi connectivity index (χ1v) is 9.95. The molecule has 1 aliphatic carbocycles. The van der Waals surface area contributed by atoms with Crippen LogP contribution in [0, 0.1) is 5.41 Å². The summed E-state index contributed by atoms with van der Waals surface area (Å²) in [4.78, 5) is 11.7. The molecular formula is C24H36O3. The minimum absolute atomic E-state index is 0.129. The monoisotopic (exact) mass is 372 g/mol. The number of hydrogen-bond acceptors (Lipinski definition) is 3. The van der Waals surface area contributed by atoms with Crippen molar-refractivity contribution in [3.05, 3.63) is 58.7 Å². The van der Waals surface area contributed by atoms with Gasteiger partial charge in [0.15, 0.2) is 0 Å². The van der Waals surface area contributed by atoms with E-state index in [4.69, 9.17) is 9.84 Å². The van der Waals surface area contributed by atoms with Crippen molar-refractivity contribution in [3.8, 4) is 0 Å². The summed E-state index contributed by atoms with van der Waals surface area (Å²) < 4.78 is 5.09. The minimum Gasteiger partial charge on any atom is -0.463 e. The summed E-state index contributed by atoms with van der Waals surface area (Å²) >= 11 is 0. The number of aliphatic hydroxyl groups is 1. The Balaban J connectivity index is 2.60. The summed E-state index contributed by atoms with van der Waals surface area (Å²) in [5.41, 5.74) is 5.24. The molecule has 0 fully saturated rings. The van der Waals surface area contributed by atoms with Gasteiger partial charge in [-0.25, -0.2) is 4.79 Å². The molecule has 0 unspecified atom stereocenters. The van der Waals surface area contributed by atoms with Crippen LogP contribution in [0.1, 0.15) is 66.7 Å². The minimum atomic E-state index is -0.336. The lowest BCUT2D eigenvalue weighted by molar-refractivity contribution is -0.137. The average Bonchev–Trinajstić information content (AvgIpc) is 2.57. The lowest BCUT2D eigenvalue weighted by Gasteiger charge is -2.32. The number of allylic oxidation sites excluding steroid dienone is 9. The standard InChI is InChI=1S/C24H36O3/c1-19(13-14-22-21(3)12-9-15-24(22,4)5)10-8-11-20(2)18-23(26)27-17-7-6-16-25/h8,10-11,13-14,18,25H,6-7,9,12,15-17H2,1-5H3/b11-8+,14-13+,19-10-,20-18+. The Morgan fingerprint density at radius 2 is 1.93 bits per heavy atom. The molecule has 27 heavy (non-hydrogen) atoms. The molecule has 0 atom stereocenters. The Morgan fingerprint density at radius 1 is 1.19 bits per heavy atom. The quantitative estimate of drug-likeness (QED) is 0.240. The van der Waals surface area contributed by atoms with Crippen LogP contribution in [0.4, 0.5) is 0 Å². The zero-order chi connectivity index (χ0) is 20.3. The number of unbranched alkanes of at least 4 members (excludes halogenated alkanes) is 1. The molecule has 0 radical (unpaired) electrons. The van der Waals surface area contributed by atoms with Crippen LogP contribution < -0.4 is 0 Å². The van der Waals surface area contributed by atoms with E-state index in [9.17, 15) is 4.79 Å². The van der Waals surface area contributed by atoms with E-state index in [1.165, 1.54) is 42.1 Å². The van der Waals surface area contributed by atoms with Gasteiger partial charge in [-0.3, -0.25) is 0 Å². The van der Waals surface area contributed by atoms with Gasteiger partial charge in [0.2, 0.25) is 0 Å². The van der Waals surface area contributed by atoms with E-state index in [0.717, 1.165) is 5.57 Å². The number of ether oxygens (including phenoxy) is 1. The predicted octanol–water partition coefficient (Wildman–Crippen LogP) is 5.83. The third-order valence-corrected chi connectivity index (χ3v) is 4.92. The summed E-state index contributed by atoms with van der Waals surface area (Å²) in [6, 6.07) is 0. The van der Waals surface area contributed by atoms with Crippen LogP contribution in [0.25, 0.3) is 0 Å². The van der Waals surface area contributed by atoms with Gasteiger partial charge in [-0.2, -0.15) is 0 Å². The van der Waals surface area contributed by atoms with Gasteiger partial charge < -0.3 is 9.84 Å². The van der Waals surface area contributed by atoms with E-state index in [-0.39, 0.29) is 18.0 Å². The van der Waals surface area contributed by atoms with Gasteiger partial charge >= 0.3 is 5.97 Å². The van der Waals surface area contributed by atoms with Crippen molar-refractivity contribution >= 4 is 5.97 Å². The van der Waals surface area contributed by atoms with Crippen LogP contribution >= 0.6 is 0 Å². The topological polar surface area (TPSA) is 46.5 Å². The van der Waals surface area contributed by atoms with E-state index in [0.29, 0.717) is 19.4 Å². The second-order valence-corrected chi connectivity index (χ2v) is 8.02. The van der Waals surface area contributed by atoms with E-state index in [2.05, 4.69) is 39.8 Å². The first-order chi connectivity index (χ1) is 12.8. The molecule has 0 heterocycles. The Morgan fingerprint density at radius 3 is 2.59 bits per heavy atom. The first kappa shape index (κ1) is 23.2. The van der Waals surface area contributed by atoms with Crippen molar-refractivity contribution < 1.29 is 14.6 Å². The number of rotatable bonds is 9. The molecule has 150 valence electrons. The molecule has 0 spiro atoms. The van der Waals surface area contributed by atoms with Crippen molar-refractivity contribution in [3.63, 3.8) is 0 Å². The Kier molecular flexibility index (Phi) is 10.1. The maximum absolute atomic E-state index is 11.7. The van der Waals surface area contributed by atoms with Gasteiger partial charge in [-0.15, -0.1) is 0 Å².